The van der Waals surface area contributed by atoms with Gasteiger partial charge in [-0.3, -0.25) is 0 Å². The van der Waals surface area contributed by atoms with E-state index in [1.165, 1.54) is 7.11 Å². The van der Waals surface area contributed by atoms with Crippen molar-refractivity contribution >= 4 is 17.6 Å². The molecule has 7 nitrogen and oxygen atoms in total. The highest BCUT2D eigenvalue weighted by atomic mass is 35.5. The number of hydrogen-bond acceptors (Lipinski definition) is 5. The molecule has 0 saturated carbocycles. The Morgan fingerprint density at radius 1 is 1.57 bits per heavy atom. The molecule has 0 saturated heterocycles. The molecule has 1 rings (SSSR count). The van der Waals surface area contributed by atoms with Crippen LogP contribution in [0.3, 0.4) is 0 Å². The van der Waals surface area contributed by atoms with Crippen molar-refractivity contribution in [2.75, 3.05) is 26.8 Å². The maximum atomic E-state index is 12.0. The van der Waals surface area contributed by atoms with Crippen molar-refractivity contribution in [3.63, 3.8) is 0 Å². The number of methoxy groups -OCH3 is 1. The second kappa shape index (κ2) is 9.07. The van der Waals surface area contributed by atoms with Gasteiger partial charge in [0, 0.05) is 18.0 Å². The molecule has 1 aromatic carbocycles. The van der Waals surface area contributed by atoms with Gasteiger partial charge >= 0.3 is 5.97 Å². The number of carbonyl (C=O) groups excluding carboxylic acids is 1. The molecular weight excluding hydrogens is 296 g/mol. The molecule has 0 aliphatic rings. The molecule has 114 valence electrons. The standard InChI is InChI=1S/C13H17ClN4O3/c1-3-21-13(19)12(16-6-7-17-18-15)9-4-5-11(20-2)10(14)8-9/h4-5,8,12,16H,3,6-7H2,1-2H3. The normalized spacial score (nSPS) is 11.4. The maximum Gasteiger partial charge on any atom is 0.327 e. The van der Waals surface area contributed by atoms with Gasteiger partial charge in [-0.05, 0) is 30.2 Å². The largest absolute Gasteiger partial charge is 0.495 e. The van der Waals surface area contributed by atoms with Gasteiger partial charge in [0.15, 0.2) is 0 Å². The number of ether oxygens (including phenoxy) is 2. The Bertz CT molecular complexity index is 532. The lowest BCUT2D eigenvalue weighted by Gasteiger charge is -2.18. The fourth-order valence-electron chi connectivity index (χ4n) is 1.73. The summed E-state index contributed by atoms with van der Waals surface area (Å²) in [4.78, 5) is 14.7. The first kappa shape index (κ1) is 17.1. The van der Waals surface area contributed by atoms with Gasteiger partial charge in [-0.25, -0.2) is 4.79 Å². The molecule has 0 aliphatic heterocycles. The van der Waals surface area contributed by atoms with Crippen LogP contribution in [0.1, 0.15) is 18.5 Å². The van der Waals surface area contributed by atoms with E-state index in [1.807, 2.05) is 0 Å². The zero-order valence-electron chi connectivity index (χ0n) is 11.9. The van der Waals surface area contributed by atoms with Crippen LogP contribution >= 0.6 is 11.6 Å². The van der Waals surface area contributed by atoms with Gasteiger partial charge in [-0.2, -0.15) is 0 Å². The number of halogens is 1. The average molecular weight is 313 g/mol. The first-order valence-electron chi connectivity index (χ1n) is 6.38. The summed E-state index contributed by atoms with van der Waals surface area (Å²) >= 11 is 6.07. The minimum absolute atomic E-state index is 0.232. The molecule has 1 atom stereocenters. The predicted octanol–water partition coefficient (Wildman–Crippen LogP) is 2.85. The van der Waals surface area contributed by atoms with Gasteiger partial charge in [0.05, 0.1) is 18.7 Å². The molecule has 0 spiro atoms. The molecule has 1 unspecified atom stereocenters. The summed E-state index contributed by atoms with van der Waals surface area (Å²) in [6.07, 6.45) is 0. The third-order valence-corrected chi connectivity index (χ3v) is 2.95. The van der Waals surface area contributed by atoms with Crippen LogP contribution in [0.15, 0.2) is 23.3 Å². The summed E-state index contributed by atoms with van der Waals surface area (Å²) in [7, 11) is 1.52. The Hall–Kier alpha value is -1.95. The molecule has 1 N–H and O–H groups in total. The van der Waals surface area contributed by atoms with Gasteiger partial charge in [-0.15, -0.1) is 0 Å². The molecule has 0 amide bonds. The summed E-state index contributed by atoms with van der Waals surface area (Å²) in [5, 5.41) is 6.79. The lowest BCUT2D eigenvalue weighted by atomic mass is 10.1. The van der Waals surface area contributed by atoms with Gasteiger partial charge in [0.25, 0.3) is 0 Å². The highest BCUT2D eigenvalue weighted by Crippen LogP contribution is 2.28. The van der Waals surface area contributed by atoms with E-state index >= 15 is 0 Å². The second-order valence-electron chi connectivity index (χ2n) is 3.99. The van der Waals surface area contributed by atoms with Crippen molar-refractivity contribution in [3.8, 4) is 5.75 Å². The molecule has 0 aromatic heterocycles. The van der Waals surface area contributed by atoms with E-state index in [0.717, 1.165) is 0 Å². The maximum absolute atomic E-state index is 12.0. The van der Waals surface area contributed by atoms with Crippen LogP contribution in [0, 0.1) is 0 Å². The van der Waals surface area contributed by atoms with Crippen molar-refractivity contribution in [1.29, 1.82) is 0 Å². The molecule has 0 radical (unpaired) electrons. The van der Waals surface area contributed by atoms with E-state index in [4.69, 9.17) is 26.6 Å². The third kappa shape index (κ3) is 5.15. The minimum Gasteiger partial charge on any atom is -0.495 e. The highest BCUT2D eigenvalue weighted by Gasteiger charge is 2.22. The van der Waals surface area contributed by atoms with Gasteiger partial charge < -0.3 is 14.8 Å². The van der Waals surface area contributed by atoms with Crippen molar-refractivity contribution in [3.05, 3.63) is 39.2 Å². The van der Waals surface area contributed by atoms with Crippen molar-refractivity contribution in [2.45, 2.75) is 13.0 Å². The summed E-state index contributed by atoms with van der Waals surface area (Å²) in [6, 6.07) is 4.37. The number of carbonyl (C=O) groups is 1. The van der Waals surface area contributed by atoms with Crippen molar-refractivity contribution < 1.29 is 14.3 Å². The highest BCUT2D eigenvalue weighted by molar-refractivity contribution is 6.32. The Balaban J connectivity index is 2.91. The monoisotopic (exact) mass is 312 g/mol. The lowest BCUT2D eigenvalue weighted by Crippen LogP contribution is -2.32. The molecule has 0 fully saturated rings. The smallest absolute Gasteiger partial charge is 0.327 e. The van der Waals surface area contributed by atoms with E-state index in [0.29, 0.717) is 22.9 Å². The van der Waals surface area contributed by atoms with Crippen LogP contribution < -0.4 is 10.1 Å². The molecule has 0 aliphatic carbocycles. The van der Waals surface area contributed by atoms with Crippen LogP contribution in [0.4, 0.5) is 0 Å². The van der Waals surface area contributed by atoms with E-state index < -0.39 is 12.0 Å². The lowest BCUT2D eigenvalue weighted by molar-refractivity contribution is -0.145. The minimum atomic E-state index is -0.678. The SMILES string of the molecule is CCOC(=O)C(NCCN=[N+]=[N-])c1ccc(OC)c(Cl)c1. The average Bonchev–Trinajstić information content (AvgIpc) is 2.47. The zero-order chi connectivity index (χ0) is 15.7. The predicted molar refractivity (Wildman–Crippen MR) is 79.4 cm³/mol. The fourth-order valence-corrected chi connectivity index (χ4v) is 1.99. The van der Waals surface area contributed by atoms with E-state index in [1.54, 1.807) is 25.1 Å². The summed E-state index contributed by atoms with van der Waals surface area (Å²) < 4.78 is 10.1. The Labute approximate surface area is 127 Å². The number of hydrogen-bond donors (Lipinski definition) is 1. The number of nitrogens with one attached hydrogen (secondary N) is 1. The Kier molecular flexibility index (Phi) is 7.39. The van der Waals surface area contributed by atoms with E-state index in [-0.39, 0.29) is 13.2 Å². The molecule has 0 heterocycles. The van der Waals surface area contributed by atoms with Gasteiger partial charge in [0.1, 0.15) is 11.8 Å². The first-order chi connectivity index (χ1) is 10.1. The zero-order valence-corrected chi connectivity index (χ0v) is 12.6. The number of nitrogens with zero attached hydrogens (tertiary/aromatic N) is 3. The Morgan fingerprint density at radius 3 is 2.90 bits per heavy atom. The number of esters is 1. The topological polar surface area (TPSA) is 96.3 Å². The van der Waals surface area contributed by atoms with E-state index in [2.05, 4.69) is 15.3 Å². The quantitative estimate of drug-likeness (QED) is 0.262. The van der Waals surface area contributed by atoms with Crippen LogP contribution in [0.2, 0.25) is 5.02 Å². The van der Waals surface area contributed by atoms with Crippen LogP contribution in [0.5, 0.6) is 5.75 Å². The fraction of sp³-hybridized carbons (Fsp3) is 0.462. The summed E-state index contributed by atoms with van der Waals surface area (Å²) in [6.45, 7) is 2.58. The van der Waals surface area contributed by atoms with Crippen molar-refractivity contribution in [1.82, 2.24) is 5.32 Å². The Morgan fingerprint density at radius 2 is 2.33 bits per heavy atom. The van der Waals surface area contributed by atoms with Gasteiger partial charge in [0.2, 0.25) is 0 Å². The first-order valence-corrected chi connectivity index (χ1v) is 6.76. The molecular formula is C13H17ClN4O3. The van der Waals surface area contributed by atoms with Crippen molar-refractivity contribution in [2.24, 2.45) is 5.11 Å². The number of azide groups is 1. The second-order valence-corrected chi connectivity index (χ2v) is 4.39. The molecule has 21 heavy (non-hydrogen) atoms. The molecule has 8 heteroatoms. The van der Waals surface area contributed by atoms with Gasteiger partial charge in [-0.1, -0.05) is 22.8 Å². The van der Waals surface area contributed by atoms with Crippen LogP contribution in [-0.2, 0) is 9.53 Å². The summed E-state index contributed by atoms with van der Waals surface area (Å²) in [5.41, 5.74) is 8.90. The molecule has 0 bridgehead atoms. The number of rotatable bonds is 8. The van der Waals surface area contributed by atoms with E-state index in [9.17, 15) is 4.79 Å². The van der Waals surface area contributed by atoms with Crippen LogP contribution in [0.25, 0.3) is 10.4 Å². The van der Waals surface area contributed by atoms with Crippen LogP contribution in [-0.4, -0.2) is 32.8 Å². The number of benzene rings is 1. The third-order valence-electron chi connectivity index (χ3n) is 2.65. The summed E-state index contributed by atoms with van der Waals surface area (Å²) in [5.74, 6) is 0.108. The molecule has 1 aromatic rings.